The number of rotatable bonds is 5. The van der Waals surface area contributed by atoms with E-state index in [0.29, 0.717) is 23.1 Å². The average Bonchev–Trinajstić information content (AvgIpc) is 2.82. The van der Waals surface area contributed by atoms with Gasteiger partial charge in [0, 0.05) is 19.7 Å². The molecule has 17 heavy (non-hydrogen) atoms. The second kappa shape index (κ2) is 5.01. The van der Waals surface area contributed by atoms with Crippen molar-refractivity contribution in [1.82, 2.24) is 10.3 Å². The van der Waals surface area contributed by atoms with Crippen molar-refractivity contribution in [2.45, 2.75) is 13.3 Å². The molecule has 1 aromatic carbocycles. The van der Waals surface area contributed by atoms with E-state index in [2.05, 4.69) is 15.2 Å². The number of nitrogen functional groups attached to an aromatic ring is 1. The summed E-state index contributed by atoms with van der Waals surface area (Å²) in [6, 6.07) is 3.70. The molecule has 0 unspecified atom stereocenters. The fourth-order valence-electron chi connectivity index (χ4n) is 1.84. The van der Waals surface area contributed by atoms with E-state index in [1.807, 2.05) is 13.0 Å². The third kappa shape index (κ3) is 2.16. The smallest absolute Gasteiger partial charge is 0.160 e. The number of fused-ring (bicyclic) bond motifs is 1. The van der Waals surface area contributed by atoms with Crippen LogP contribution in [0.3, 0.4) is 0 Å². The predicted octanol–water partition coefficient (Wildman–Crippen LogP) is 1.01. The SMILES string of the molecule is CCN(CCCO)c1ccc(N)c2nonc12. The number of aliphatic hydroxyl groups is 1. The number of anilines is 2. The molecule has 0 aliphatic carbocycles. The fraction of sp³-hybridized carbons (Fsp3) is 0.455. The van der Waals surface area contributed by atoms with Gasteiger partial charge in [-0.3, -0.25) is 0 Å². The minimum Gasteiger partial charge on any atom is -0.397 e. The van der Waals surface area contributed by atoms with E-state index in [4.69, 9.17) is 15.5 Å². The molecule has 6 nitrogen and oxygen atoms in total. The zero-order valence-corrected chi connectivity index (χ0v) is 9.76. The van der Waals surface area contributed by atoms with Crippen LogP contribution in [0.5, 0.6) is 0 Å². The summed E-state index contributed by atoms with van der Waals surface area (Å²) >= 11 is 0. The Morgan fingerprint density at radius 3 is 2.82 bits per heavy atom. The molecule has 0 radical (unpaired) electrons. The van der Waals surface area contributed by atoms with Crippen molar-refractivity contribution in [2.24, 2.45) is 0 Å². The normalized spacial score (nSPS) is 10.9. The number of nitrogens with zero attached hydrogens (tertiary/aromatic N) is 3. The van der Waals surface area contributed by atoms with E-state index in [-0.39, 0.29) is 6.61 Å². The Kier molecular flexibility index (Phi) is 3.43. The standard InChI is InChI=1S/C11H16N4O2/c1-2-15(6-3-7-16)9-5-4-8(12)10-11(9)14-17-13-10/h4-5,16H,2-3,6-7,12H2,1H3. The van der Waals surface area contributed by atoms with Crippen LogP contribution >= 0.6 is 0 Å². The molecule has 0 saturated heterocycles. The topological polar surface area (TPSA) is 88.4 Å². The van der Waals surface area contributed by atoms with Crippen LogP contribution in [0.15, 0.2) is 16.8 Å². The van der Waals surface area contributed by atoms with Gasteiger partial charge >= 0.3 is 0 Å². The number of hydrogen-bond acceptors (Lipinski definition) is 6. The van der Waals surface area contributed by atoms with Crippen LogP contribution in [-0.2, 0) is 0 Å². The summed E-state index contributed by atoms with van der Waals surface area (Å²) in [4.78, 5) is 2.11. The number of aliphatic hydroxyl groups excluding tert-OH is 1. The van der Waals surface area contributed by atoms with Crippen molar-refractivity contribution in [3.63, 3.8) is 0 Å². The third-order valence-electron chi connectivity index (χ3n) is 2.73. The zero-order valence-electron chi connectivity index (χ0n) is 9.76. The van der Waals surface area contributed by atoms with Gasteiger partial charge in [-0.1, -0.05) is 0 Å². The first-order valence-corrected chi connectivity index (χ1v) is 5.64. The van der Waals surface area contributed by atoms with Gasteiger partial charge in [0.1, 0.15) is 0 Å². The van der Waals surface area contributed by atoms with Crippen molar-refractivity contribution in [1.29, 1.82) is 0 Å². The Morgan fingerprint density at radius 2 is 2.12 bits per heavy atom. The molecule has 2 rings (SSSR count). The van der Waals surface area contributed by atoms with Gasteiger partial charge in [-0.2, -0.15) is 0 Å². The Labute approximate surface area is 99.0 Å². The first kappa shape index (κ1) is 11.7. The highest BCUT2D eigenvalue weighted by Gasteiger charge is 2.14. The number of nitrogens with two attached hydrogens (primary N) is 1. The van der Waals surface area contributed by atoms with Crippen molar-refractivity contribution in [3.8, 4) is 0 Å². The largest absolute Gasteiger partial charge is 0.397 e. The van der Waals surface area contributed by atoms with E-state index in [1.165, 1.54) is 0 Å². The van der Waals surface area contributed by atoms with Crippen LogP contribution in [0.25, 0.3) is 11.0 Å². The maximum Gasteiger partial charge on any atom is 0.160 e. The maximum absolute atomic E-state index is 8.88. The second-order valence-electron chi connectivity index (χ2n) is 3.79. The molecule has 2 aromatic rings. The summed E-state index contributed by atoms with van der Waals surface area (Å²) in [7, 11) is 0. The van der Waals surface area contributed by atoms with E-state index in [1.54, 1.807) is 6.07 Å². The molecular weight excluding hydrogens is 220 g/mol. The summed E-state index contributed by atoms with van der Waals surface area (Å²) in [6.07, 6.45) is 0.713. The number of aromatic nitrogens is 2. The van der Waals surface area contributed by atoms with Crippen molar-refractivity contribution >= 4 is 22.4 Å². The van der Waals surface area contributed by atoms with Crippen LogP contribution in [0.4, 0.5) is 11.4 Å². The summed E-state index contributed by atoms with van der Waals surface area (Å²) in [5.74, 6) is 0. The monoisotopic (exact) mass is 236 g/mol. The summed E-state index contributed by atoms with van der Waals surface area (Å²) in [5, 5.41) is 16.6. The van der Waals surface area contributed by atoms with Gasteiger partial charge in [-0.15, -0.1) is 0 Å². The fourth-order valence-corrected chi connectivity index (χ4v) is 1.84. The first-order valence-electron chi connectivity index (χ1n) is 5.64. The van der Waals surface area contributed by atoms with Gasteiger partial charge in [0.05, 0.1) is 11.4 Å². The predicted molar refractivity (Wildman–Crippen MR) is 65.8 cm³/mol. The average molecular weight is 236 g/mol. The molecule has 92 valence electrons. The van der Waals surface area contributed by atoms with Crippen molar-refractivity contribution in [3.05, 3.63) is 12.1 Å². The Bertz CT molecular complexity index is 497. The van der Waals surface area contributed by atoms with E-state index in [9.17, 15) is 0 Å². The molecular formula is C11H16N4O2. The van der Waals surface area contributed by atoms with E-state index in [0.717, 1.165) is 18.8 Å². The summed E-state index contributed by atoms with van der Waals surface area (Å²) in [5.41, 5.74) is 8.54. The van der Waals surface area contributed by atoms with Gasteiger partial charge in [-0.25, -0.2) is 4.63 Å². The number of hydrogen-bond donors (Lipinski definition) is 2. The van der Waals surface area contributed by atoms with Gasteiger partial charge in [-0.05, 0) is 35.8 Å². The highest BCUT2D eigenvalue weighted by atomic mass is 16.6. The molecule has 1 aromatic heterocycles. The van der Waals surface area contributed by atoms with Crippen LogP contribution in [0, 0.1) is 0 Å². The minimum atomic E-state index is 0.172. The van der Waals surface area contributed by atoms with E-state index >= 15 is 0 Å². The van der Waals surface area contributed by atoms with Crippen LogP contribution in [0.2, 0.25) is 0 Å². The molecule has 0 spiro atoms. The molecule has 6 heteroatoms. The minimum absolute atomic E-state index is 0.172. The summed E-state index contributed by atoms with van der Waals surface area (Å²) < 4.78 is 4.73. The van der Waals surface area contributed by atoms with Crippen LogP contribution in [0.1, 0.15) is 13.3 Å². The molecule has 0 atom stereocenters. The van der Waals surface area contributed by atoms with E-state index < -0.39 is 0 Å². The van der Waals surface area contributed by atoms with Crippen LogP contribution < -0.4 is 10.6 Å². The summed E-state index contributed by atoms with van der Waals surface area (Å²) in [6.45, 7) is 3.81. The number of benzene rings is 1. The molecule has 0 aliphatic rings. The molecule has 0 saturated carbocycles. The third-order valence-corrected chi connectivity index (χ3v) is 2.73. The van der Waals surface area contributed by atoms with Crippen LogP contribution in [-0.4, -0.2) is 35.1 Å². The molecule has 1 heterocycles. The lowest BCUT2D eigenvalue weighted by atomic mass is 10.2. The molecule has 0 aliphatic heterocycles. The lowest BCUT2D eigenvalue weighted by Crippen LogP contribution is -2.24. The van der Waals surface area contributed by atoms with Gasteiger partial charge in [0.15, 0.2) is 11.0 Å². The maximum atomic E-state index is 8.88. The first-order chi connectivity index (χ1) is 8.27. The zero-order chi connectivity index (χ0) is 12.3. The quantitative estimate of drug-likeness (QED) is 0.753. The molecule has 0 fully saturated rings. The Hall–Kier alpha value is -1.82. The Balaban J connectivity index is 2.39. The van der Waals surface area contributed by atoms with Crippen molar-refractivity contribution < 1.29 is 9.74 Å². The highest BCUT2D eigenvalue weighted by molar-refractivity contribution is 5.95. The van der Waals surface area contributed by atoms with Gasteiger partial charge in [0.2, 0.25) is 0 Å². The lowest BCUT2D eigenvalue weighted by Gasteiger charge is -2.22. The molecule has 0 amide bonds. The molecule has 3 N–H and O–H groups in total. The Morgan fingerprint density at radius 1 is 1.35 bits per heavy atom. The second-order valence-corrected chi connectivity index (χ2v) is 3.79. The van der Waals surface area contributed by atoms with Gasteiger partial charge < -0.3 is 15.7 Å². The lowest BCUT2D eigenvalue weighted by molar-refractivity contribution is 0.289. The van der Waals surface area contributed by atoms with Crippen molar-refractivity contribution in [2.75, 3.05) is 30.3 Å². The van der Waals surface area contributed by atoms with Gasteiger partial charge in [0.25, 0.3) is 0 Å². The highest BCUT2D eigenvalue weighted by Crippen LogP contribution is 2.28. The molecule has 0 bridgehead atoms.